The molecule has 0 aromatic heterocycles. The molecule has 3 unspecified atom stereocenters. The monoisotopic (exact) mass is 291 g/mol. The van der Waals surface area contributed by atoms with Crippen molar-refractivity contribution in [3.63, 3.8) is 0 Å². The largest absolute Gasteiger partial charge is 0.316 e. The first-order valence-corrected chi connectivity index (χ1v) is 9.09. The van der Waals surface area contributed by atoms with Gasteiger partial charge in [0.1, 0.15) is 0 Å². The van der Waals surface area contributed by atoms with Crippen molar-refractivity contribution >= 4 is 11.8 Å². The average molecular weight is 292 g/mol. The van der Waals surface area contributed by atoms with Crippen molar-refractivity contribution < 1.29 is 0 Å². The van der Waals surface area contributed by atoms with Crippen molar-refractivity contribution in [2.75, 3.05) is 12.8 Å². The van der Waals surface area contributed by atoms with Gasteiger partial charge in [-0.1, -0.05) is 44.2 Å². The van der Waals surface area contributed by atoms with E-state index < -0.39 is 0 Å². The molecule has 2 rings (SSSR count). The molecule has 0 spiro atoms. The number of nitrogens with one attached hydrogen (secondary N) is 1. The zero-order chi connectivity index (χ0) is 14.4. The van der Waals surface area contributed by atoms with Gasteiger partial charge in [-0.25, -0.2) is 0 Å². The zero-order valence-electron chi connectivity index (χ0n) is 13.1. The van der Waals surface area contributed by atoms with Crippen LogP contribution in [0.3, 0.4) is 0 Å². The predicted molar refractivity (Wildman–Crippen MR) is 91.6 cm³/mol. The molecule has 0 aliphatic heterocycles. The molecule has 3 atom stereocenters. The quantitative estimate of drug-likeness (QED) is 0.816. The van der Waals surface area contributed by atoms with Crippen molar-refractivity contribution in [1.29, 1.82) is 0 Å². The summed E-state index contributed by atoms with van der Waals surface area (Å²) in [5, 5.41) is 4.32. The number of thioether (sulfide) groups is 1. The van der Waals surface area contributed by atoms with Gasteiger partial charge in [0.25, 0.3) is 0 Å². The summed E-state index contributed by atoms with van der Waals surface area (Å²) in [4.78, 5) is 0. The molecule has 1 aliphatic rings. The SMILES string of the molecule is CNC1CCC(c2ccccc2)CC1SCCC(C)C. The second kappa shape index (κ2) is 8.09. The molecule has 1 aromatic rings. The summed E-state index contributed by atoms with van der Waals surface area (Å²) in [6, 6.07) is 11.8. The van der Waals surface area contributed by atoms with Crippen molar-refractivity contribution in [2.45, 2.75) is 56.7 Å². The first-order chi connectivity index (χ1) is 9.70. The Morgan fingerprint density at radius 1 is 1.20 bits per heavy atom. The maximum atomic E-state index is 3.54. The van der Waals surface area contributed by atoms with Gasteiger partial charge in [0, 0.05) is 11.3 Å². The first-order valence-electron chi connectivity index (χ1n) is 8.04. The fourth-order valence-electron chi connectivity index (χ4n) is 3.13. The van der Waals surface area contributed by atoms with E-state index in [2.05, 4.69) is 68.3 Å². The van der Waals surface area contributed by atoms with Crippen molar-refractivity contribution in [3.8, 4) is 0 Å². The van der Waals surface area contributed by atoms with Gasteiger partial charge in [-0.2, -0.15) is 11.8 Å². The Morgan fingerprint density at radius 2 is 1.95 bits per heavy atom. The Kier molecular flexibility index (Phi) is 6.44. The molecule has 112 valence electrons. The van der Waals surface area contributed by atoms with Gasteiger partial charge < -0.3 is 5.32 Å². The molecule has 1 fully saturated rings. The molecule has 1 saturated carbocycles. The lowest BCUT2D eigenvalue weighted by Gasteiger charge is -2.36. The highest BCUT2D eigenvalue weighted by Gasteiger charge is 2.30. The molecule has 1 N–H and O–H groups in total. The van der Waals surface area contributed by atoms with E-state index in [0.29, 0.717) is 6.04 Å². The van der Waals surface area contributed by atoms with Crippen LogP contribution >= 0.6 is 11.8 Å². The summed E-state index contributed by atoms with van der Waals surface area (Å²) in [7, 11) is 2.13. The summed E-state index contributed by atoms with van der Waals surface area (Å²) < 4.78 is 0. The second-order valence-corrected chi connectivity index (χ2v) is 7.75. The lowest BCUT2D eigenvalue weighted by atomic mass is 9.81. The van der Waals surface area contributed by atoms with Crippen molar-refractivity contribution in [1.82, 2.24) is 5.32 Å². The number of hydrogen-bond acceptors (Lipinski definition) is 2. The molecule has 1 aliphatic carbocycles. The molecular formula is C18H29NS. The van der Waals surface area contributed by atoms with E-state index >= 15 is 0 Å². The van der Waals surface area contributed by atoms with Crippen LogP contribution in [-0.4, -0.2) is 24.1 Å². The molecule has 0 heterocycles. The Hall–Kier alpha value is -0.470. The van der Waals surface area contributed by atoms with Gasteiger partial charge in [-0.3, -0.25) is 0 Å². The van der Waals surface area contributed by atoms with Gasteiger partial charge >= 0.3 is 0 Å². The van der Waals surface area contributed by atoms with E-state index in [1.807, 2.05) is 0 Å². The summed E-state index contributed by atoms with van der Waals surface area (Å²) in [6.45, 7) is 4.65. The third-order valence-corrected chi connectivity index (χ3v) is 5.88. The Morgan fingerprint density at radius 3 is 2.60 bits per heavy atom. The Balaban J connectivity index is 1.93. The standard InChI is InChI=1S/C18H29NS/c1-14(2)11-12-20-18-13-16(9-10-17(18)19-3)15-7-5-4-6-8-15/h4-8,14,16-19H,9-13H2,1-3H3. The lowest BCUT2D eigenvalue weighted by molar-refractivity contribution is 0.369. The highest BCUT2D eigenvalue weighted by atomic mass is 32.2. The minimum Gasteiger partial charge on any atom is -0.316 e. The van der Waals surface area contributed by atoms with Crippen LogP contribution in [0.4, 0.5) is 0 Å². The molecule has 1 aromatic carbocycles. The van der Waals surface area contributed by atoms with Crippen molar-refractivity contribution in [3.05, 3.63) is 35.9 Å². The zero-order valence-corrected chi connectivity index (χ0v) is 14.0. The minimum absolute atomic E-state index is 0.701. The molecule has 0 bridgehead atoms. The van der Waals surface area contributed by atoms with E-state index in [9.17, 15) is 0 Å². The van der Waals surface area contributed by atoms with Gasteiger partial charge in [0.15, 0.2) is 0 Å². The highest BCUT2D eigenvalue weighted by molar-refractivity contribution is 7.99. The summed E-state index contributed by atoms with van der Waals surface area (Å²) >= 11 is 2.19. The van der Waals surface area contributed by atoms with Crippen LogP contribution in [0.25, 0.3) is 0 Å². The molecule has 0 radical (unpaired) electrons. The van der Waals surface area contributed by atoms with E-state index in [1.165, 1.54) is 37.0 Å². The fraction of sp³-hybridized carbons (Fsp3) is 0.667. The van der Waals surface area contributed by atoms with E-state index in [4.69, 9.17) is 0 Å². The number of hydrogen-bond donors (Lipinski definition) is 1. The second-order valence-electron chi connectivity index (χ2n) is 6.41. The minimum atomic E-state index is 0.701. The van der Waals surface area contributed by atoms with Crippen LogP contribution in [0.2, 0.25) is 0 Å². The predicted octanol–water partition coefficient (Wildman–Crippen LogP) is 4.69. The van der Waals surface area contributed by atoms with Crippen LogP contribution in [0.15, 0.2) is 30.3 Å². The number of rotatable bonds is 6. The lowest BCUT2D eigenvalue weighted by Crippen LogP contribution is -2.40. The van der Waals surface area contributed by atoms with Crippen molar-refractivity contribution in [2.24, 2.45) is 5.92 Å². The maximum absolute atomic E-state index is 3.54. The molecule has 0 amide bonds. The van der Waals surface area contributed by atoms with Gasteiger partial charge in [-0.05, 0) is 55.9 Å². The summed E-state index contributed by atoms with van der Waals surface area (Å²) in [6.07, 6.45) is 5.32. The van der Waals surface area contributed by atoms with Gasteiger partial charge in [0.05, 0.1) is 0 Å². The Labute approximate surface area is 128 Å². The fourth-order valence-corrected chi connectivity index (χ4v) is 4.91. The molecule has 1 nitrogen and oxygen atoms in total. The maximum Gasteiger partial charge on any atom is 0.0206 e. The topological polar surface area (TPSA) is 12.0 Å². The van der Waals surface area contributed by atoms with Crippen LogP contribution in [-0.2, 0) is 0 Å². The summed E-state index contributed by atoms with van der Waals surface area (Å²) in [5.74, 6) is 2.89. The van der Waals surface area contributed by atoms with Crippen LogP contribution in [0, 0.1) is 5.92 Å². The van der Waals surface area contributed by atoms with Crippen LogP contribution < -0.4 is 5.32 Å². The van der Waals surface area contributed by atoms with E-state index in [-0.39, 0.29) is 0 Å². The van der Waals surface area contributed by atoms with Gasteiger partial charge in [-0.15, -0.1) is 0 Å². The smallest absolute Gasteiger partial charge is 0.0206 e. The first kappa shape index (κ1) is 15.9. The van der Waals surface area contributed by atoms with Crippen LogP contribution in [0.5, 0.6) is 0 Å². The van der Waals surface area contributed by atoms with E-state index in [1.54, 1.807) is 0 Å². The number of benzene rings is 1. The third kappa shape index (κ3) is 4.53. The third-order valence-electron chi connectivity index (χ3n) is 4.46. The summed E-state index contributed by atoms with van der Waals surface area (Å²) in [5.41, 5.74) is 1.54. The van der Waals surface area contributed by atoms with Gasteiger partial charge in [0.2, 0.25) is 0 Å². The molecule has 0 saturated heterocycles. The van der Waals surface area contributed by atoms with Crippen LogP contribution in [0.1, 0.15) is 51.0 Å². The normalized spacial score (nSPS) is 26.9. The Bertz CT molecular complexity index is 376. The van der Waals surface area contributed by atoms with E-state index in [0.717, 1.165) is 17.1 Å². The molecular weight excluding hydrogens is 262 g/mol. The molecule has 20 heavy (non-hydrogen) atoms. The highest BCUT2D eigenvalue weighted by Crippen LogP contribution is 2.38. The molecule has 2 heteroatoms. The average Bonchev–Trinajstić information content (AvgIpc) is 2.47.